The number of nitrogens with zero attached hydrogens (tertiary/aromatic N) is 1. The Bertz CT molecular complexity index is 518. The first-order valence-electron chi connectivity index (χ1n) is 4.73. The van der Waals surface area contributed by atoms with Crippen molar-refractivity contribution in [2.45, 2.75) is 0 Å². The molecule has 0 fully saturated rings. The minimum atomic E-state index is -0.137. The Morgan fingerprint density at radius 2 is 2.19 bits per heavy atom. The molecule has 0 bridgehead atoms. The van der Waals surface area contributed by atoms with E-state index in [0.717, 1.165) is 0 Å². The van der Waals surface area contributed by atoms with Gasteiger partial charge < -0.3 is 4.98 Å². The predicted octanol–water partition coefficient (Wildman–Crippen LogP) is 2.96. The zero-order valence-corrected chi connectivity index (χ0v) is 9.11. The van der Waals surface area contributed by atoms with Crippen molar-refractivity contribution in [2.24, 2.45) is 0 Å². The Morgan fingerprint density at radius 1 is 1.38 bits per heavy atom. The lowest BCUT2D eigenvalue weighted by atomic mass is 10.1. The van der Waals surface area contributed by atoms with Gasteiger partial charge in [-0.25, -0.2) is 4.98 Å². The molecule has 2 rings (SSSR count). The van der Waals surface area contributed by atoms with Crippen molar-refractivity contribution in [2.75, 3.05) is 0 Å². The van der Waals surface area contributed by atoms with Gasteiger partial charge in [0.15, 0.2) is 5.78 Å². The van der Waals surface area contributed by atoms with Crippen LogP contribution in [0, 0.1) is 0 Å². The molecule has 0 unspecified atom stereocenters. The first-order chi connectivity index (χ1) is 7.77. The van der Waals surface area contributed by atoms with Gasteiger partial charge in [-0.3, -0.25) is 4.79 Å². The van der Waals surface area contributed by atoms with Gasteiger partial charge in [-0.15, -0.1) is 0 Å². The lowest BCUT2D eigenvalue weighted by molar-refractivity contribution is 0.104. The molecule has 0 aliphatic rings. The number of ketones is 1. The molecule has 2 aromatic rings. The summed E-state index contributed by atoms with van der Waals surface area (Å²) < 4.78 is 0. The first kappa shape index (κ1) is 10.6. The van der Waals surface area contributed by atoms with Crippen molar-refractivity contribution in [1.82, 2.24) is 9.97 Å². The number of aromatic nitrogens is 2. The molecule has 0 saturated heterocycles. The summed E-state index contributed by atoms with van der Waals surface area (Å²) in [5.41, 5.74) is 0.493. The highest BCUT2D eigenvalue weighted by Crippen LogP contribution is 2.16. The molecule has 1 N–H and O–H groups in total. The quantitative estimate of drug-likeness (QED) is 0.653. The summed E-state index contributed by atoms with van der Waals surface area (Å²) in [6.07, 6.45) is 6.38. The maximum atomic E-state index is 11.7. The van der Waals surface area contributed by atoms with E-state index in [9.17, 15) is 4.79 Å². The second-order valence-corrected chi connectivity index (χ2v) is 3.56. The number of nitrogens with one attached hydrogen (secondary N) is 1. The molecular formula is C12H9ClN2O. The Balaban J connectivity index is 2.18. The van der Waals surface area contributed by atoms with E-state index < -0.39 is 0 Å². The van der Waals surface area contributed by atoms with Crippen molar-refractivity contribution < 1.29 is 4.79 Å². The van der Waals surface area contributed by atoms with Gasteiger partial charge in [-0.1, -0.05) is 23.7 Å². The topological polar surface area (TPSA) is 45.8 Å². The molecule has 0 spiro atoms. The van der Waals surface area contributed by atoms with E-state index in [-0.39, 0.29) is 5.78 Å². The van der Waals surface area contributed by atoms with Gasteiger partial charge in [-0.2, -0.15) is 0 Å². The molecule has 3 nitrogen and oxygen atoms in total. The summed E-state index contributed by atoms with van der Waals surface area (Å²) in [5, 5.41) is 0.455. The zero-order valence-electron chi connectivity index (χ0n) is 8.35. The molecule has 1 aromatic carbocycles. The van der Waals surface area contributed by atoms with Gasteiger partial charge in [0.25, 0.3) is 0 Å². The lowest BCUT2D eigenvalue weighted by Crippen LogP contribution is -1.94. The van der Waals surface area contributed by atoms with E-state index in [1.165, 1.54) is 6.08 Å². The summed E-state index contributed by atoms with van der Waals surface area (Å²) in [6, 6.07) is 6.95. The smallest absolute Gasteiger partial charge is 0.187 e. The van der Waals surface area contributed by atoms with Crippen LogP contribution in [-0.2, 0) is 0 Å². The van der Waals surface area contributed by atoms with Crippen molar-refractivity contribution in [3.8, 4) is 0 Å². The van der Waals surface area contributed by atoms with Gasteiger partial charge in [0.2, 0.25) is 0 Å². The zero-order chi connectivity index (χ0) is 11.4. The Kier molecular flexibility index (Phi) is 3.17. The first-order valence-corrected chi connectivity index (χ1v) is 5.11. The van der Waals surface area contributed by atoms with Crippen LogP contribution in [0.25, 0.3) is 6.08 Å². The number of imidazole rings is 1. The molecule has 1 heterocycles. The van der Waals surface area contributed by atoms with Crippen molar-refractivity contribution >= 4 is 23.5 Å². The van der Waals surface area contributed by atoms with Gasteiger partial charge in [0.1, 0.15) is 5.82 Å². The van der Waals surface area contributed by atoms with Crippen molar-refractivity contribution in [1.29, 1.82) is 0 Å². The molecule has 0 atom stereocenters. The number of carbonyl (C=O) groups excluding carboxylic acids is 1. The molecule has 1 aromatic heterocycles. The van der Waals surface area contributed by atoms with Crippen LogP contribution in [0.5, 0.6) is 0 Å². The number of allylic oxidation sites excluding steroid dienone is 1. The van der Waals surface area contributed by atoms with Crippen LogP contribution in [0.4, 0.5) is 0 Å². The van der Waals surface area contributed by atoms with E-state index in [0.29, 0.717) is 16.4 Å². The molecule has 0 saturated carbocycles. The van der Waals surface area contributed by atoms with E-state index in [4.69, 9.17) is 11.6 Å². The summed E-state index contributed by atoms with van der Waals surface area (Å²) >= 11 is 5.90. The summed E-state index contributed by atoms with van der Waals surface area (Å²) in [6.45, 7) is 0. The van der Waals surface area contributed by atoms with E-state index in [1.807, 2.05) is 0 Å². The number of rotatable bonds is 3. The maximum absolute atomic E-state index is 11.7. The number of H-pyrrole nitrogens is 1. The number of benzene rings is 1. The van der Waals surface area contributed by atoms with Crippen LogP contribution in [0.2, 0.25) is 5.02 Å². The van der Waals surface area contributed by atoms with Gasteiger partial charge in [-0.05, 0) is 24.3 Å². The van der Waals surface area contributed by atoms with E-state index >= 15 is 0 Å². The molecule has 0 radical (unpaired) electrons. The predicted molar refractivity (Wildman–Crippen MR) is 63.4 cm³/mol. The SMILES string of the molecule is O=C(C=Cc1ncc[nH]1)c1ccccc1Cl. The minimum absolute atomic E-state index is 0.137. The highest BCUT2D eigenvalue weighted by Gasteiger charge is 2.05. The number of halogens is 1. The number of carbonyl (C=O) groups is 1. The molecular weight excluding hydrogens is 224 g/mol. The van der Waals surface area contributed by atoms with E-state index in [2.05, 4.69) is 9.97 Å². The molecule has 0 amide bonds. The van der Waals surface area contributed by atoms with Crippen LogP contribution >= 0.6 is 11.6 Å². The summed E-state index contributed by atoms with van der Waals surface area (Å²) in [7, 11) is 0. The molecule has 4 heteroatoms. The van der Waals surface area contributed by atoms with E-state index in [1.54, 1.807) is 42.7 Å². The third kappa shape index (κ3) is 2.38. The normalized spacial score (nSPS) is 10.8. The van der Waals surface area contributed by atoms with Crippen LogP contribution in [0.3, 0.4) is 0 Å². The third-order valence-electron chi connectivity index (χ3n) is 2.05. The van der Waals surface area contributed by atoms with Gasteiger partial charge >= 0.3 is 0 Å². The molecule has 0 aliphatic carbocycles. The van der Waals surface area contributed by atoms with Gasteiger partial charge in [0.05, 0.1) is 5.02 Å². The fourth-order valence-electron chi connectivity index (χ4n) is 1.27. The Morgan fingerprint density at radius 3 is 2.88 bits per heavy atom. The third-order valence-corrected chi connectivity index (χ3v) is 2.38. The second kappa shape index (κ2) is 4.77. The fourth-order valence-corrected chi connectivity index (χ4v) is 1.50. The van der Waals surface area contributed by atoms with Gasteiger partial charge in [0, 0.05) is 18.0 Å². The molecule has 16 heavy (non-hydrogen) atoms. The number of aromatic amines is 1. The summed E-state index contributed by atoms with van der Waals surface area (Å²) in [4.78, 5) is 18.6. The van der Waals surface area contributed by atoms with Crippen LogP contribution in [0.15, 0.2) is 42.7 Å². The fraction of sp³-hybridized carbons (Fsp3) is 0. The highest BCUT2D eigenvalue weighted by molar-refractivity contribution is 6.34. The highest BCUT2D eigenvalue weighted by atomic mass is 35.5. The Hall–Kier alpha value is -1.87. The largest absolute Gasteiger partial charge is 0.345 e. The average Bonchev–Trinajstić information content (AvgIpc) is 2.79. The average molecular weight is 233 g/mol. The minimum Gasteiger partial charge on any atom is -0.345 e. The van der Waals surface area contributed by atoms with Crippen LogP contribution in [-0.4, -0.2) is 15.8 Å². The number of hydrogen-bond acceptors (Lipinski definition) is 2. The molecule has 80 valence electrons. The lowest BCUT2D eigenvalue weighted by Gasteiger charge is -1.97. The van der Waals surface area contributed by atoms with Crippen LogP contribution < -0.4 is 0 Å². The van der Waals surface area contributed by atoms with Crippen molar-refractivity contribution in [3.63, 3.8) is 0 Å². The summed E-state index contributed by atoms with van der Waals surface area (Å²) in [5.74, 6) is 0.502. The van der Waals surface area contributed by atoms with Crippen molar-refractivity contribution in [3.05, 3.63) is 59.1 Å². The Labute approximate surface area is 97.8 Å². The maximum Gasteiger partial charge on any atom is 0.187 e. The monoisotopic (exact) mass is 232 g/mol. The number of hydrogen-bond donors (Lipinski definition) is 1. The van der Waals surface area contributed by atoms with Crippen LogP contribution in [0.1, 0.15) is 16.2 Å². The molecule has 0 aliphatic heterocycles. The standard InChI is InChI=1S/C12H9ClN2O/c13-10-4-2-1-3-9(10)11(16)5-6-12-14-7-8-15-12/h1-8H,(H,14,15). The second-order valence-electron chi connectivity index (χ2n) is 3.15.